The van der Waals surface area contributed by atoms with E-state index in [0.717, 1.165) is 27.3 Å². The van der Waals surface area contributed by atoms with Gasteiger partial charge in [-0.25, -0.2) is 4.98 Å². The molecule has 0 atom stereocenters. The lowest BCUT2D eigenvalue weighted by atomic mass is 10.0. The van der Waals surface area contributed by atoms with E-state index in [-0.39, 0.29) is 5.91 Å². The van der Waals surface area contributed by atoms with Gasteiger partial charge < -0.3 is 0 Å². The minimum absolute atomic E-state index is 0.193. The average molecular weight is 431 g/mol. The van der Waals surface area contributed by atoms with Gasteiger partial charge in [0.1, 0.15) is 0 Å². The Morgan fingerprint density at radius 3 is 2.23 bits per heavy atom. The molecule has 3 aromatic carbocycles. The van der Waals surface area contributed by atoms with E-state index in [4.69, 9.17) is 11.6 Å². The molecule has 4 rings (SSSR count). The average Bonchev–Trinajstić information content (AvgIpc) is 3.13. The number of benzene rings is 3. The Morgan fingerprint density at radius 2 is 1.57 bits per heavy atom. The molecule has 3 nitrogen and oxygen atoms in total. The van der Waals surface area contributed by atoms with Crippen molar-refractivity contribution in [2.75, 3.05) is 5.32 Å². The maximum atomic E-state index is 13.2. The zero-order valence-electron chi connectivity index (χ0n) is 16.3. The fourth-order valence-electron chi connectivity index (χ4n) is 3.10. The first-order valence-electron chi connectivity index (χ1n) is 9.47. The Bertz CT molecular complexity index is 1180. The number of rotatable bonds is 5. The largest absolute Gasteiger partial charge is 0.298 e. The number of carbonyl (C=O) groups excluding carboxylic acids is 1. The first-order valence-corrected chi connectivity index (χ1v) is 10.7. The summed E-state index contributed by atoms with van der Waals surface area (Å²) >= 11 is 7.45. The number of nitrogens with zero attached hydrogens (tertiary/aromatic N) is 1. The van der Waals surface area contributed by atoms with E-state index in [1.807, 2.05) is 97.9 Å². The molecule has 0 fully saturated rings. The second-order valence-corrected chi connectivity index (χ2v) is 8.36. The number of carbonyl (C=O) groups is 1. The van der Waals surface area contributed by atoms with Crippen molar-refractivity contribution in [2.24, 2.45) is 0 Å². The zero-order chi connectivity index (χ0) is 20.9. The number of thiazole rings is 1. The molecule has 5 heteroatoms. The van der Waals surface area contributed by atoms with Crippen molar-refractivity contribution < 1.29 is 4.79 Å². The van der Waals surface area contributed by atoms with Crippen molar-refractivity contribution in [2.45, 2.75) is 6.92 Å². The lowest BCUT2D eigenvalue weighted by molar-refractivity contribution is -0.111. The van der Waals surface area contributed by atoms with Gasteiger partial charge in [0, 0.05) is 21.0 Å². The molecule has 0 saturated heterocycles. The highest BCUT2D eigenvalue weighted by molar-refractivity contribution is 7.16. The van der Waals surface area contributed by atoms with Gasteiger partial charge in [-0.15, -0.1) is 11.3 Å². The summed E-state index contributed by atoms with van der Waals surface area (Å²) in [5.41, 5.74) is 4.22. The van der Waals surface area contributed by atoms with E-state index < -0.39 is 0 Å². The van der Waals surface area contributed by atoms with Crippen LogP contribution in [0.15, 0.2) is 84.9 Å². The van der Waals surface area contributed by atoms with Crippen molar-refractivity contribution in [1.29, 1.82) is 0 Å². The zero-order valence-corrected chi connectivity index (χ0v) is 17.9. The molecule has 30 heavy (non-hydrogen) atoms. The quantitative estimate of drug-likeness (QED) is 0.275. The Kier molecular flexibility index (Phi) is 6.07. The summed E-state index contributed by atoms with van der Waals surface area (Å²) in [5.74, 6) is -0.193. The molecular formula is C25H19ClN2OS. The first-order chi connectivity index (χ1) is 14.6. The summed E-state index contributed by atoms with van der Waals surface area (Å²) in [6, 6.07) is 27.0. The number of halogens is 1. The minimum Gasteiger partial charge on any atom is -0.298 e. The van der Waals surface area contributed by atoms with Crippen LogP contribution in [0.4, 0.5) is 5.13 Å². The molecule has 0 spiro atoms. The van der Waals surface area contributed by atoms with E-state index in [1.165, 1.54) is 11.3 Å². The summed E-state index contributed by atoms with van der Waals surface area (Å²) in [4.78, 5) is 18.9. The van der Waals surface area contributed by atoms with Gasteiger partial charge in [-0.2, -0.15) is 0 Å². The molecule has 0 saturated carbocycles. The number of amides is 1. The Morgan fingerprint density at radius 1 is 0.933 bits per heavy atom. The summed E-state index contributed by atoms with van der Waals surface area (Å²) in [7, 11) is 0. The monoisotopic (exact) mass is 430 g/mol. The number of hydrogen-bond acceptors (Lipinski definition) is 3. The lowest BCUT2D eigenvalue weighted by Crippen LogP contribution is -2.13. The van der Waals surface area contributed by atoms with E-state index in [9.17, 15) is 4.79 Å². The fraction of sp³-hybridized carbons (Fsp3) is 0.0400. The van der Waals surface area contributed by atoms with E-state index in [0.29, 0.717) is 15.7 Å². The van der Waals surface area contributed by atoms with Gasteiger partial charge >= 0.3 is 0 Å². The van der Waals surface area contributed by atoms with Crippen molar-refractivity contribution in [3.05, 3.63) is 106 Å². The molecule has 0 unspecified atom stereocenters. The molecule has 4 aromatic rings. The van der Waals surface area contributed by atoms with Crippen LogP contribution in [-0.2, 0) is 4.79 Å². The third kappa shape index (κ3) is 4.67. The highest BCUT2D eigenvalue weighted by atomic mass is 35.5. The standard InChI is InChI=1S/C25H19ClN2OS/c1-17-23(20-12-14-21(26)15-13-20)27-25(30-17)28-24(29)22(19-10-6-3-7-11-19)16-18-8-4-2-5-9-18/h2-16H,1H3,(H,27,28,29)/b22-16+. The van der Waals surface area contributed by atoms with Crippen molar-refractivity contribution >= 4 is 45.6 Å². The van der Waals surface area contributed by atoms with Gasteiger partial charge in [0.05, 0.1) is 5.69 Å². The van der Waals surface area contributed by atoms with Crippen LogP contribution in [-0.4, -0.2) is 10.9 Å². The Balaban J connectivity index is 1.64. The second-order valence-electron chi connectivity index (χ2n) is 6.72. The Hall–Kier alpha value is -3.21. The number of aromatic nitrogens is 1. The number of hydrogen-bond donors (Lipinski definition) is 1. The van der Waals surface area contributed by atoms with Crippen molar-refractivity contribution in [3.8, 4) is 11.3 Å². The van der Waals surface area contributed by atoms with Crippen LogP contribution < -0.4 is 5.32 Å². The number of nitrogens with one attached hydrogen (secondary N) is 1. The highest BCUT2D eigenvalue weighted by Crippen LogP contribution is 2.32. The maximum absolute atomic E-state index is 13.2. The molecule has 1 amide bonds. The first kappa shape index (κ1) is 20.1. The fourth-order valence-corrected chi connectivity index (χ4v) is 4.06. The Labute approximate surface area is 184 Å². The number of anilines is 1. The van der Waals surface area contributed by atoms with E-state index in [2.05, 4.69) is 10.3 Å². The maximum Gasteiger partial charge on any atom is 0.258 e. The molecule has 0 aliphatic rings. The second kappa shape index (κ2) is 9.08. The van der Waals surface area contributed by atoms with Gasteiger partial charge in [0.15, 0.2) is 5.13 Å². The van der Waals surface area contributed by atoms with Crippen molar-refractivity contribution in [1.82, 2.24) is 4.98 Å². The predicted octanol–water partition coefficient (Wildman–Crippen LogP) is 6.95. The predicted molar refractivity (Wildman–Crippen MR) is 127 cm³/mol. The lowest BCUT2D eigenvalue weighted by Gasteiger charge is -2.08. The molecule has 0 aliphatic carbocycles. The van der Waals surface area contributed by atoms with Crippen LogP contribution in [0.5, 0.6) is 0 Å². The molecular weight excluding hydrogens is 412 g/mol. The molecule has 0 bridgehead atoms. The minimum atomic E-state index is -0.193. The van der Waals surface area contributed by atoms with Crippen LogP contribution in [0.2, 0.25) is 5.02 Å². The summed E-state index contributed by atoms with van der Waals surface area (Å²) in [5, 5.41) is 4.22. The molecule has 148 valence electrons. The van der Waals surface area contributed by atoms with Gasteiger partial charge in [0.2, 0.25) is 0 Å². The van der Waals surface area contributed by atoms with Gasteiger partial charge in [-0.05, 0) is 36.3 Å². The summed E-state index contributed by atoms with van der Waals surface area (Å²) in [6.45, 7) is 2.00. The molecule has 0 aliphatic heterocycles. The van der Waals surface area contributed by atoms with Gasteiger partial charge in [-0.1, -0.05) is 84.4 Å². The van der Waals surface area contributed by atoms with Crippen LogP contribution >= 0.6 is 22.9 Å². The number of aryl methyl sites for hydroxylation is 1. The van der Waals surface area contributed by atoms with E-state index >= 15 is 0 Å². The van der Waals surface area contributed by atoms with Crippen LogP contribution in [0.3, 0.4) is 0 Å². The van der Waals surface area contributed by atoms with E-state index in [1.54, 1.807) is 0 Å². The third-order valence-electron chi connectivity index (χ3n) is 4.57. The SMILES string of the molecule is Cc1sc(NC(=O)/C(=C/c2ccccc2)c2ccccc2)nc1-c1ccc(Cl)cc1. The molecule has 1 aromatic heterocycles. The third-order valence-corrected chi connectivity index (χ3v) is 5.71. The molecule has 1 heterocycles. The highest BCUT2D eigenvalue weighted by Gasteiger charge is 2.16. The van der Waals surface area contributed by atoms with Gasteiger partial charge in [0.25, 0.3) is 5.91 Å². The topological polar surface area (TPSA) is 42.0 Å². The summed E-state index contributed by atoms with van der Waals surface area (Å²) < 4.78 is 0. The normalized spacial score (nSPS) is 11.3. The van der Waals surface area contributed by atoms with Gasteiger partial charge in [-0.3, -0.25) is 10.1 Å². The smallest absolute Gasteiger partial charge is 0.258 e. The molecule has 0 radical (unpaired) electrons. The van der Waals surface area contributed by atoms with Crippen LogP contribution in [0, 0.1) is 6.92 Å². The molecule has 1 N–H and O–H groups in total. The van der Waals surface area contributed by atoms with Crippen LogP contribution in [0.25, 0.3) is 22.9 Å². The van der Waals surface area contributed by atoms with Crippen LogP contribution in [0.1, 0.15) is 16.0 Å². The van der Waals surface area contributed by atoms with Crippen molar-refractivity contribution in [3.63, 3.8) is 0 Å². The summed E-state index contributed by atoms with van der Waals surface area (Å²) in [6.07, 6.45) is 1.89.